The Labute approximate surface area is 139 Å². The molecule has 2 fully saturated rings. The van der Waals surface area contributed by atoms with Crippen LogP contribution in [0.25, 0.3) is 11.5 Å². The summed E-state index contributed by atoms with van der Waals surface area (Å²) in [5.74, 6) is 1.03. The van der Waals surface area contributed by atoms with Gasteiger partial charge in [-0.25, -0.2) is 4.79 Å². The molecular weight excluding hydrogens is 310 g/mol. The molecule has 1 N–H and O–H groups in total. The first kappa shape index (κ1) is 15.0. The zero-order valence-corrected chi connectivity index (χ0v) is 13.4. The summed E-state index contributed by atoms with van der Waals surface area (Å²) in [7, 11) is 0. The zero-order chi connectivity index (χ0) is 16.7. The van der Waals surface area contributed by atoms with E-state index in [1.807, 2.05) is 6.92 Å². The Morgan fingerprint density at radius 3 is 3.00 bits per heavy atom. The van der Waals surface area contributed by atoms with Crippen molar-refractivity contribution in [1.29, 1.82) is 0 Å². The van der Waals surface area contributed by atoms with Gasteiger partial charge in [-0.05, 0) is 30.9 Å². The van der Waals surface area contributed by atoms with Crippen LogP contribution in [0.1, 0.15) is 38.3 Å². The van der Waals surface area contributed by atoms with E-state index in [4.69, 9.17) is 8.94 Å². The summed E-state index contributed by atoms with van der Waals surface area (Å²) < 4.78 is 10.5. The molecule has 24 heavy (non-hydrogen) atoms. The van der Waals surface area contributed by atoms with E-state index in [0.29, 0.717) is 23.6 Å². The van der Waals surface area contributed by atoms with E-state index in [1.54, 1.807) is 24.5 Å². The predicted molar refractivity (Wildman–Crippen MR) is 83.6 cm³/mol. The molecule has 2 aliphatic rings. The maximum atomic E-state index is 12.9. The Morgan fingerprint density at radius 1 is 1.38 bits per heavy atom. The Bertz CT molecular complexity index is 767. The number of nitrogens with one attached hydrogen (secondary N) is 1. The van der Waals surface area contributed by atoms with E-state index in [2.05, 4.69) is 10.5 Å². The molecule has 126 valence electrons. The third-order valence-corrected chi connectivity index (χ3v) is 5.14. The fourth-order valence-corrected chi connectivity index (χ4v) is 3.72. The van der Waals surface area contributed by atoms with E-state index >= 15 is 0 Å². The number of aromatic nitrogens is 1. The first-order chi connectivity index (χ1) is 11.6. The summed E-state index contributed by atoms with van der Waals surface area (Å²) >= 11 is 0. The van der Waals surface area contributed by atoms with Crippen LogP contribution in [0, 0.1) is 5.92 Å². The number of carbonyl (C=O) groups excluding carboxylic acids is 2. The van der Waals surface area contributed by atoms with E-state index < -0.39 is 5.54 Å². The van der Waals surface area contributed by atoms with Crippen molar-refractivity contribution in [2.75, 3.05) is 0 Å². The van der Waals surface area contributed by atoms with E-state index in [0.717, 1.165) is 19.3 Å². The molecule has 3 amide bonds. The van der Waals surface area contributed by atoms with Gasteiger partial charge < -0.3 is 14.3 Å². The lowest BCUT2D eigenvalue weighted by Gasteiger charge is -2.36. The Hall–Kier alpha value is -2.57. The van der Waals surface area contributed by atoms with Crippen LogP contribution in [0.4, 0.5) is 4.79 Å². The molecule has 2 aromatic heterocycles. The fraction of sp³-hybridized carbons (Fsp3) is 0.471. The van der Waals surface area contributed by atoms with Crippen molar-refractivity contribution < 1.29 is 18.5 Å². The third kappa shape index (κ3) is 2.23. The first-order valence-corrected chi connectivity index (χ1v) is 8.24. The largest absolute Gasteiger partial charge is 0.461 e. The summed E-state index contributed by atoms with van der Waals surface area (Å²) in [4.78, 5) is 26.5. The van der Waals surface area contributed by atoms with Gasteiger partial charge in [0.05, 0.1) is 12.8 Å². The molecule has 7 heteroatoms. The number of amides is 3. The average molecular weight is 329 g/mol. The quantitative estimate of drug-likeness (QED) is 0.875. The monoisotopic (exact) mass is 329 g/mol. The van der Waals surface area contributed by atoms with Crippen LogP contribution in [-0.2, 0) is 11.3 Å². The minimum absolute atomic E-state index is 0.101. The van der Waals surface area contributed by atoms with Gasteiger partial charge in [-0.2, -0.15) is 0 Å². The highest BCUT2D eigenvalue weighted by Crippen LogP contribution is 2.38. The molecular formula is C17H19N3O4. The number of urea groups is 1. The van der Waals surface area contributed by atoms with Gasteiger partial charge >= 0.3 is 6.03 Å². The van der Waals surface area contributed by atoms with Gasteiger partial charge in [0, 0.05) is 6.07 Å². The highest BCUT2D eigenvalue weighted by Gasteiger charge is 2.54. The van der Waals surface area contributed by atoms with Gasteiger partial charge in [-0.1, -0.05) is 24.9 Å². The number of furan rings is 1. The predicted octanol–water partition coefficient (Wildman–Crippen LogP) is 2.94. The average Bonchev–Trinajstić information content (AvgIpc) is 3.28. The summed E-state index contributed by atoms with van der Waals surface area (Å²) in [6.45, 7) is 2.13. The summed E-state index contributed by atoms with van der Waals surface area (Å²) in [6, 6.07) is 4.85. The second-order valence-corrected chi connectivity index (χ2v) is 6.60. The van der Waals surface area contributed by atoms with Crippen molar-refractivity contribution in [3.05, 3.63) is 30.2 Å². The Balaban J connectivity index is 1.55. The van der Waals surface area contributed by atoms with Gasteiger partial charge in [0.15, 0.2) is 5.76 Å². The van der Waals surface area contributed by atoms with Crippen molar-refractivity contribution in [2.24, 2.45) is 5.92 Å². The van der Waals surface area contributed by atoms with E-state index in [-0.39, 0.29) is 24.4 Å². The van der Waals surface area contributed by atoms with Crippen LogP contribution < -0.4 is 5.32 Å². The molecule has 1 saturated heterocycles. The molecule has 1 saturated carbocycles. The Morgan fingerprint density at radius 2 is 2.25 bits per heavy atom. The van der Waals surface area contributed by atoms with Crippen LogP contribution >= 0.6 is 0 Å². The number of rotatable bonds is 3. The molecule has 0 aromatic carbocycles. The lowest BCUT2D eigenvalue weighted by atomic mass is 9.73. The molecule has 1 spiro atoms. The van der Waals surface area contributed by atoms with Crippen LogP contribution in [0.5, 0.6) is 0 Å². The number of imide groups is 1. The van der Waals surface area contributed by atoms with Crippen LogP contribution in [-0.4, -0.2) is 27.5 Å². The van der Waals surface area contributed by atoms with Crippen molar-refractivity contribution in [2.45, 2.75) is 44.7 Å². The molecule has 2 atom stereocenters. The van der Waals surface area contributed by atoms with Gasteiger partial charge in [-0.3, -0.25) is 9.69 Å². The second-order valence-electron chi connectivity index (χ2n) is 6.60. The normalized spacial score (nSPS) is 27.0. The second kappa shape index (κ2) is 5.51. The molecule has 1 aliphatic carbocycles. The maximum Gasteiger partial charge on any atom is 0.325 e. The van der Waals surface area contributed by atoms with Gasteiger partial charge in [-0.15, -0.1) is 0 Å². The number of nitrogens with zero attached hydrogens (tertiary/aromatic N) is 2. The summed E-state index contributed by atoms with van der Waals surface area (Å²) in [6.07, 6.45) is 5.25. The summed E-state index contributed by atoms with van der Waals surface area (Å²) in [5, 5.41) is 6.88. The summed E-state index contributed by atoms with van der Waals surface area (Å²) in [5.41, 5.74) is -0.228. The standard InChI is InChI=1S/C17H19N3O4/c1-11-5-2-3-7-17(11)15(21)20(16(22)18-17)10-12-9-14(24-19-12)13-6-4-8-23-13/h4,6,8-9,11H,2-3,5,7,10H2,1H3,(H,18,22)/t11-,17+/m0/s1. The van der Waals surface area contributed by atoms with Gasteiger partial charge in [0.1, 0.15) is 11.2 Å². The molecule has 0 bridgehead atoms. The first-order valence-electron chi connectivity index (χ1n) is 8.24. The van der Waals surface area contributed by atoms with Gasteiger partial charge in [0.25, 0.3) is 5.91 Å². The van der Waals surface area contributed by atoms with E-state index in [1.165, 1.54) is 4.90 Å². The topological polar surface area (TPSA) is 88.6 Å². The molecule has 2 aromatic rings. The molecule has 3 heterocycles. The van der Waals surface area contributed by atoms with Crippen LogP contribution in [0.2, 0.25) is 0 Å². The van der Waals surface area contributed by atoms with Crippen LogP contribution in [0.15, 0.2) is 33.4 Å². The molecule has 7 nitrogen and oxygen atoms in total. The van der Waals surface area contributed by atoms with Gasteiger partial charge in [0.2, 0.25) is 5.76 Å². The van der Waals surface area contributed by atoms with Crippen LogP contribution in [0.3, 0.4) is 0 Å². The number of hydrogen-bond donors (Lipinski definition) is 1. The Kier molecular flexibility index (Phi) is 3.44. The maximum absolute atomic E-state index is 12.9. The van der Waals surface area contributed by atoms with Crippen molar-refractivity contribution in [3.8, 4) is 11.5 Å². The molecule has 4 rings (SSSR count). The number of carbonyl (C=O) groups is 2. The van der Waals surface area contributed by atoms with Crippen molar-refractivity contribution in [3.63, 3.8) is 0 Å². The lowest BCUT2D eigenvalue weighted by Crippen LogP contribution is -2.53. The molecule has 1 aliphatic heterocycles. The minimum Gasteiger partial charge on any atom is -0.461 e. The lowest BCUT2D eigenvalue weighted by molar-refractivity contribution is -0.134. The minimum atomic E-state index is -0.747. The number of hydrogen-bond acceptors (Lipinski definition) is 5. The SMILES string of the molecule is C[C@H]1CCCC[C@@]12NC(=O)N(Cc1cc(-c3ccco3)on1)C2=O. The fourth-order valence-electron chi connectivity index (χ4n) is 3.72. The highest BCUT2D eigenvalue weighted by molar-refractivity contribution is 6.07. The zero-order valence-electron chi connectivity index (χ0n) is 13.4. The highest BCUT2D eigenvalue weighted by atomic mass is 16.5. The molecule has 0 unspecified atom stereocenters. The van der Waals surface area contributed by atoms with Crippen molar-refractivity contribution in [1.82, 2.24) is 15.4 Å². The smallest absolute Gasteiger partial charge is 0.325 e. The third-order valence-electron chi connectivity index (χ3n) is 5.14. The molecule has 0 radical (unpaired) electrons. The van der Waals surface area contributed by atoms with Crippen molar-refractivity contribution >= 4 is 11.9 Å². The van der Waals surface area contributed by atoms with E-state index in [9.17, 15) is 9.59 Å².